The first-order valence-corrected chi connectivity index (χ1v) is 9.63. The van der Waals surface area contributed by atoms with Crippen molar-refractivity contribution in [3.63, 3.8) is 0 Å². The molecule has 5 nitrogen and oxygen atoms in total. The molecule has 1 amide bonds. The van der Waals surface area contributed by atoms with E-state index in [0.717, 1.165) is 23.5 Å². The molecule has 0 spiro atoms. The van der Waals surface area contributed by atoms with Gasteiger partial charge in [-0.2, -0.15) is 0 Å². The highest BCUT2D eigenvalue weighted by Gasteiger charge is 2.29. The lowest BCUT2D eigenvalue weighted by Gasteiger charge is -2.31. The van der Waals surface area contributed by atoms with Crippen molar-refractivity contribution in [2.75, 3.05) is 6.54 Å². The van der Waals surface area contributed by atoms with E-state index >= 15 is 0 Å². The lowest BCUT2D eigenvalue weighted by molar-refractivity contribution is 0.0158. The van der Waals surface area contributed by atoms with Gasteiger partial charge in [0.25, 0.3) is 0 Å². The lowest BCUT2D eigenvalue weighted by Crippen LogP contribution is -2.39. The summed E-state index contributed by atoms with van der Waals surface area (Å²) < 4.78 is 6.73. The minimum Gasteiger partial charge on any atom is -0.444 e. The number of carbonyl (C=O) groups is 1. The molecule has 0 saturated carbocycles. The Morgan fingerprint density at radius 2 is 1.92 bits per heavy atom. The van der Waals surface area contributed by atoms with Gasteiger partial charge in [-0.3, -0.25) is 4.90 Å². The molecule has 0 radical (unpaired) electrons. The number of aromatic nitrogens is 2. The summed E-state index contributed by atoms with van der Waals surface area (Å²) >= 11 is 2.29. The van der Waals surface area contributed by atoms with Crippen LogP contribution in [0, 0.1) is 3.57 Å². The van der Waals surface area contributed by atoms with E-state index in [-0.39, 0.29) is 12.1 Å². The van der Waals surface area contributed by atoms with Crippen LogP contribution in [-0.4, -0.2) is 33.1 Å². The lowest BCUT2D eigenvalue weighted by atomic mass is 10.1. The van der Waals surface area contributed by atoms with Crippen LogP contribution in [0.15, 0.2) is 30.5 Å². The fourth-order valence-corrected chi connectivity index (χ4v) is 3.00. The van der Waals surface area contributed by atoms with E-state index in [9.17, 15) is 4.79 Å². The number of carbonyl (C=O) groups excluding carboxylic acids is 1. The number of hydrogen-bond acceptors (Lipinski definition) is 3. The summed E-state index contributed by atoms with van der Waals surface area (Å²) in [5.41, 5.74) is 1.51. The fourth-order valence-electron chi connectivity index (χ4n) is 2.64. The molecule has 0 fully saturated rings. The molecule has 136 valence electrons. The summed E-state index contributed by atoms with van der Waals surface area (Å²) in [4.78, 5) is 22.2. The molecule has 25 heavy (non-hydrogen) atoms. The van der Waals surface area contributed by atoms with Crippen molar-refractivity contribution < 1.29 is 9.53 Å². The van der Waals surface area contributed by atoms with E-state index < -0.39 is 5.60 Å². The Morgan fingerprint density at radius 3 is 2.44 bits per heavy atom. The van der Waals surface area contributed by atoms with Gasteiger partial charge in [-0.1, -0.05) is 19.1 Å². The summed E-state index contributed by atoms with van der Waals surface area (Å²) in [6.07, 6.45) is 2.27. The highest BCUT2D eigenvalue weighted by Crippen LogP contribution is 2.26. The quantitative estimate of drug-likeness (QED) is 0.616. The van der Waals surface area contributed by atoms with Crippen LogP contribution in [0.2, 0.25) is 0 Å². The first-order chi connectivity index (χ1) is 11.7. The Kier molecular flexibility index (Phi) is 6.48. The van der Waals surface area contributed by atoms with Crippen molar-refractivity contribution >= 4 is 28.7 Å². The summed E-state index contributed by atoms with van der Waals surface area (Å²) in [5.74, 6) is 0.781. The van der Waals surface area contributed by atoms with Crippen molar-refractivity contribution in [1.29, 1.82) is 0 Å². The zero-order valence-electron chi connectivity index (χ0n) is 15.5. The zero-order chi connectivity index (χ0) is 18.6. The van der Waals surface area contributed by atoms with Gasteiger partial charge < -0.3 is 9.72 Å². The second-order valence-corrected chi connectivity index (χ2v) is 8.13. The number of rotatable bonds is 5. The number of ether oxygens (including phenoxy) is 1. The molecule has 1 N–H and O–H groups in total. The molecule has 2 rings (SSSR count). The van der Waals surface area contributed by atoms with Crippen LogP contribution in [0.3, 0.4) is 0 Å². The van der Waals surface area contributed by atoms with Crippen molar-refractivity contribution in [3.8, 4) is 11.3 Å². The normalized spacial score (nSPS) is 12.7. The van der Waals surface area contributed by atoms with Crippen LogP contribution in [0.4, 0.5) is 4.79 Å². The molecule has 0 aliphatic heterocycles. The van der Waals surface area contributed by atoms with Gasteiger partial charge in [-0.05, 0) is 74.4 Å². The summed E-state index contributed by atoms with van der Waals surface area (Å²) in [5, 5.41) is 0. The number of amides is 1. The predicted octanol–water partition coefficient (Wildman–Crippen LogP) is 5.39. The number of imidazole rings is 1. The van der Waals surface area contributed by atoms with Gasteiger partial charge in [0, 0.05) is 10.1 Å². The average molecular weight is 455 g/mol. The molecule has 2 aromatic rings. The first kappa shape index (κ1) is 19.8. The van der Waals surface area contributed by atoms with E-state index in [1.165, 1.54) is 3.57 Å². The van der Waals surface area contributed by atoms with Crippen molar-refractivity contribution in [3.05, 3.63) is 39.9 Å². The number of nitrogens with one attached hydrogen (secondary N) is 1. The maximum atomic E-state index is 12.5. The molecule has 0 aliphatic rings. The monoisotopic (exact) mass is 455 g/mol. The number of halogens is 1. The Morgan fingerprint density at radius 1 is 1.28 bits per heavy atom. The summed E-state index contributed by atoms with van der Waals surface area (Å²) in [7, 11) is 0. The second kappa shape index (κ2) is 8.21. The van der Waals surface area contributed by atoms with Crippen LogP contribution >= 0.6 is 22.6 Å². The minimum atomic E-state index is -0.516. The molecule has 0 saturated heterocycles. The molecule has 1 heterocycles. The fraction of sp³-hybridized carbons (Fsp3) is 0.474. The first-order valence-electron chi connectivity index (χ1n) is 8.55. The van der Waals surface area contributed by atoms with Crippen LogP contribution in [0.1, 0.15) is 52.9 Å². The maximum Gasteiger partial charge on any atom is 0.410 e. The Balaban J connectivity index is 2.24. The summed E-state index contributed by atoms with van der Waals surface area (Å²) in [6, 6.07) is 8.11. The van der Waals surface area contributed by atoms with Gasteiger partial charge in [0.2, 0.25) is 0 Å². The average Bonchev–Trinajstić information content (AvgIpc) is 3.00. The van der Waals surface area contributed by atoms with Gasteiger partial charge in [0.1, 0.15) is 11.4 Å². The van der Waals surface area contributed by atoms with E-state index in [1.54, 1.807) is 4.90 Å². The zero-order valence-corrected chi connectivity index (χ0v) is 17.6. The molecule has 0 aliphatic carbocycles. The second-order valence-electron chi connectivity index (χ2n) is 6.88. The number of nitrogens with zero attached hydrogens (tertiary/aromatic N) is 2. The molecule has 1 aromatic heterocycles. The third kappa shape index (κ3) is 5.20. The maximum absolute atomic E-state index is 12.5. The van der Waals surface area contributed by atoms with E-state index in [1.807, 2.05) is 40.8 Å². The topological polar surface area (TPSA) is 58.2 Å². The highest BCUT2D eigenvalue weighted by atomic mass is 127. The van der Waals surface area contributed by atoms with Crippen LogP contribution in [0.25, 0.3) is 11.3 Å². The van der Waals surface area contributed by atoms with Crippen molar-refractivity contribution in [2.24, 2.45) is 0 Å². The number of hydrogen-bond donors (Lipinski definition) is 1. The molecule has 6 heteroatoms. The molecule has 0 unspecified atom stereocenters. The third-order valence-corrected chi connectivity index (χ3v) is 4.52. The standard InChI is InChI=1S/C19H26IN3O2/c1-6-16(23(7-2)18(24)25-19(3,4)5)17-21-12-15(22-17)13-8-10-14(20)11-9-13/h8-12,16H,6-7H2,1-5H3,(H,21,22)/t16-/m0/s1. The van der Waals surface area contributed by atoms with Gasteiger partial charge in [-0.15, -0.1) is 0 Å². The van der Waals surface area contributed by atoms with Gasteiger partial charge >= 0.3 is 6.09 Å². The Hall–Kier alpha value is -1.57. The number of H-pyrrole nitrogens is 1. The molecule has 0 bridgehead atoms. The third-order valence-electron chi connectivity index (χ3n) is 3.80. The smallest absolute Gasteiger partial charge is 0.410 e. The molecular formula is C19H26IN3O2. The van der Waals surface area contributed by atoms with Crippen LogP contribution < -0.4 is 0 Å². The van der Waals surface area contributed by atoms with E-state index in [4.69, 9.17) is 4.74 Å². The SMILES string of the molecule is CC[C@@H](c1ncc(-c2ccc(I)cc2)[nH]1)N(CC)C(=O)OC(C)(C)C. The van der Waals surface area contributed by atoms with E-state index in [2.05, 4.69) is 56.8 Å². The van der Waals surface area contributed by atoms with Gasteiger partial charge in [-0.25, -0.2) is 9.78 Å². The molecular weight excluding hydrogens is 429 g/mol. The molecule has 1 atom stereocenters. The highest BCUT2D eigenvalue weighted by molar-refractivity contribution is 14.1. The predicted molar refractivity (Wildman–Crippen MR) is 108 cm³/mol. The largest absolute Gasteiger partial charge is 0.444 e. The Labute approximate surface area is 163 Å². The van der Waals surface area contributed by atoms with Crippen LogP contribution in [0.5, 0.6) is 0 Å². The minimum absolute atomic E-state index is 0.141. The summed E-state index contributed by atoms with van der Waals surface area (Å²) in [6.45, 7) is 10.2. The van der Waals surface area contributed by atoms with Crippen molar-refractivity contribution in [2.45, 2.75) is 52.7 Å². The Bertz CT molecular complexity index is 704. The number of aromatic amines is 1. The van der Waals surface area contributed by atoms with Crippen LogP contribution in [-0.2, 0) is 4.74 Å². The van der Waals surface area contributed by atoms with E-state index in [0.29, 0.717) is 6.54 Å². The van der Waals surface area contributed by atoms with Crippen molar-refractivity contribution in [1.82, 2.24) is 14.9 Å². The molecule has 1 aromatic carbocycles. The van der Waals surface area contributed by atoms with Gasteiger partial charge in [0.15, 0.2) is 0 Å². The number of benzene rings is 1. The van der Waals surface area contributed by atoms with Gasteiger partial charge in [0.05, 0.1) is 17.9 Å².